The van der Waals surface area contributed by atoms with Crippen LogP contribution in [0.15, 0.2) is 24.7 Å². The van der Waals surface area contributed by atoms with Crippen LogP contribution in [-0.4, -0.2) is 34.2 Å². The third-order valence-corrected chi connectivity index (χ3v) is 3.47. The van der Waals surface area contributed by atoms with Crippen LogP contribution in [-0.2, 0) is 0 Å². The van der Waals surface area contributed by atoms with Gasteiger partial charge in [-0.1, -0.05) is 0 Å². The second-order valence-corrected chi connectivity index (χ2v) is 4.89. The maximum absolute atomic E-state index is 5.81. The normalized spacial score (nSPS) is 23.6. The second-order valence-electron chi connectivity index (χ2n) is 4.89. The highest BCUT2D eigenvalue weighted by molar-refractivity contribution is 5.67. The van der Waals surface area contributed by atoms with Gasteiger partial charge in [0.05, 0.1) is 6.20 Å². The van der Waals surface area contributed by atoms with Gasteiger partial charge in [0.15, 0.2) is 5.82 Å². The van der Waals surface area contributed by atoms with Crippen LogP contribution in [0.5, 0.6) is 0 Å². The summed E-state index contributed by atoms with van der Waals surface area (Å²) in [6, 6.07) is 2.40. The van der Waals surface area contributed by atoms with Gasteiger partial charge in [-0.2, -0.15) is 5.10 Å². The second kappa shape index (κ2) is 4.00. The van der Waals surface area contributed by atoms with E-state index in [0.717, 1.165) is 30.7 Å². The fourth-order valence-electron chi connectivity index (χ4n) is 2.55. The maximum atomic E-state index is 5.81. The minimum Gasteiger partial charge on any atom is -0.358 e. The lowest BCUT2D eigenvalue weighted by Gasteiger charge is -2.35. The van der Waals surface area contributed by atoms with Crippen LogP contribution < -0.4 is 10.6 Å². The Bertz CT molecular complexity index is 514. The first kappa shape index (κ1) is 10.5. The summed E-state index contributed by atoms with van der Waals surface area (Å²) < 4.78 is 1.85. The molecule has 0 spiro atoms. The molecule has 2 heterocycles. The lowest BCUT2D eigenvalue weighted by atomic mass is 9.80. The minimum absolute atomic E-state index is 0.409. The van der Waals surface area contributed by atoms with Crippen molar-refractivity contribution in [3.8, 4) is 0 Å². The van der Waals surface area contributed by atoms with Crippen molar-refractivity contribution < 1.29 is 0 Å². The van der Waals surface area contributed by atoms with Crippen molar-refractivity contribution in [3.63, 3.8) is 0 Å². The molecule has 0 atom stereocenters. The first-order chi connectivity index (χ1) is 8.24. The molecule has 0 unspecified atom stereocenters. The summed E-state index contributed by atoms with van der Waals surface area (Å²) in [5.74, 6) is 1.70. The number of hydrogen-bond acceptors (Lipinski definition) is 4. The molecule has 90 valence electrons. The van der Waals surface area contributed by atoms with E-state index in [1.165, 1.54) is 0 Å². The number of fused-ring (bicyclic) bond motifs is 1. The summed E-state index contributed by atoms with van der Waals surface area (Å²) in [5, 5.41) is 4.22. The van der Waals surface area contributed by atoms with Crippen molar-refractivity contribution in [2.45, 2.75) is 18.9 Å². The summed E-state index contributed by atoms with van der Waals surface area (Å²) >= 11 is 0. The monoisotopic (exact) mass is 231 g/mol. The van der Waals surface area contributed by atoms with Gasteiger partial charge in [-0.15, -0.1) is 0 Å². The molecule has 0 bridgehead atoms. The first-order valence-electron chi connectivity index (χ1n) is 5.99. The zero-order chi connectivity index (χ0) is 11.8. The average molecular weight is 231 g/mol. The molecule has 5 nitrogen and oxygen atoms in total. The van der Waals surface area contributed by atoms with Crippen LogP contribution in [0.25, 0.3) is 5.52 Å². The van der Waals surface area contributed by atoms with Gasteiger partial charge < -0.3 is 10.6 Å². The molecule has 2 aromatic rings. The van der Waals surface area contributed by atoms with E-state index in [-0.39, 0.29) is 0 Å². The van der Waals surface area contributed by atoms with Crippen molar-refractivity contribution >= 4 is 11.3 Å². The Kier molecular flexibility index (Phi) is 2.48. The molecule has 2 N–H and O–H groups in total. The third kappa shape index (κ3) is 1.86. The Hall–Kier alpha value is -1.62. The van der Waals surface area contributed by atoms with E-state index in [4.69, 9.17) is 5.73 Å². The quantitative estimate of drug-likeness (QED) is 0.852. The van der Waals surface area contributed by atoms with Gasteiger partial charge in [0.2, 0.25) is 0 Å². The van der Waals surface area contributed by atoms with Gasteiger partial charge in [-0.25, -0.2) is 9.50 Å². The van der Waals surface area contributed by atoms with Crippen molar-refractivity contribution in [1.29, 1.82) is 0 Å². The summed E-state index contributed by atoms with van der Waals surface area (Å²) in [6.45, 7) is 1.02. The molecule has 0 aliphatic heterocycles. The van der Waals surface area contributed by atoms with E-state index in [2.05, 4.69) is 22.0 Å². The van der Waals surface area contributed by atoms with Crippen molar-refractivity contribution in [3.05, 3.63) is 24.7 Å². The number of nitrogens with zero attached hydrogens (tertiary/aromatic N) is 4. The summed E-state index contributed by atoms with van der Waals surface area (Å²) in [6.07, 6.45) is 7.72. The molecular formula is C12H17N5. The molecule has 1 aliphatic carbocycles. The van der Waals surface area contributed by atoms with E-state index < -0.39 is 0 Å². The molecule has 17 heavy (non-hydrogen) atoms. The number of nitrogens with two attached hydrogens (primary N) is 1. The third-order valence-electron chi connectivity index (χ3n) is 3.47. The predicted octanol–water partition coefficient (Wildman–Crippen LogP) is 0.903. The molecule has 1 saturated carbocycles. The first-order valence-corrected chi connectivity index (χ1v) is 5.99. The van der Waals surface area contributed by atoms with Crippen LogP contribution >= 0.6 is 0 Å². The van der Waals surface area contributed by atoms with E-state index in [9.17, 15) is 0 Å². The lowest BCUT2D eigenvalue weighted by molar-refractivity contribution is 0.271. The van der Waals surface area contributed by atoms with Gasteiger partial charge in [-0.05, 0) is 24.8 Å². The van der Waals surface area contributed by atoms with Crippen molar-refractivity contribution in [2.24, 2.45) is 11.7 Å². The number of anilines is 1. The molecule has 3 rings (SSSR count). The smallest absolute Gasteiger partial charge is 0.154 e. The van der Waals surface area contributed by atoms with Crippen LogP contribution in [0, 0.1) is 5.92 Å². The number of rotatable bonds is 3. The summed E-state index contributed by atoms with van der Waals surface area (Å²) in [5.41, 5.74) is 6.86. The topological polar surface area (TPSA) is 59.5 Å². The zero-order valence-electron chi connectivity index (χ0n) is 9.95. The molecule has 0 radical (unpaired) electrons. The Labute approximate surface area is 100 Å². The van der Waals surface area contributed by atoms with E-state index >= 15 is 0 Å². The highest BCUT2D eigenvalue weighted by Crippen LogP contribution is 2.28. The van der Waals surface area contributed by atoms with Crippen LogP contribution in [0.3, 0.4) is 0 Å². The number of aromatic nitrogens is 3. The Balaban J connectivity index is 1.80. The zero-order valence-corrected chi connectivity index (χ0v) is 9.95. The van der Waals surface area contributed by atoms with Gasteiger partial charge >= 0.3 is 0 Å². The van der Waals surface area contributed by atoms with E-state index in [0.29, 0.717) is 12.0 Å². The largest absolute Gasteiger partial charge is 0.358 e. The molecule has 0 amide bonds. The summed E-state index contributed by atoms with van der Waals surface area (Å²) in [4.78, 5) is 6.65. The van der Waals surface area contributed by atoms with Gasteiger partial charge in [0.25, 0.3) is 0 Å². The molecular weight excluding hydrogens is 214 g/mol. The van der Waals surface area contributed by atoms with Crippen molar-refractivity contribution in [1.82, 2.24) is 14.6 Å². The van der Waals surface area contributed by atoms with Gasteiger partial charge in [-0.3, -0.25) is 0 Å². The van der Waals surface area contributed by atoms with Crippen LogP contribution in [0.1, 0.15) is 12.8 Å². The standard InChI is InChI=1S/C12H17N5/c1-16(8-9-6-10(13)7-9)12-11-2-3-15-17(11)5-4-14-12/h2-5,9-10H,6-8,13H2,1H3. The molecule has 0 saturated heterocycles. The van der Waals surface area contributed by atoms with E-state index in [1.807, 2.05) is 16.8 Å². The van der Waals surface area contributed by atoms with Crippen molar-refractivity contribution in [2.75, 3.05) is 18.5 Å². The molecule has 5 heteroatoms. The predicted molar refractivity (Wildman–Crippen MR) is 67.0 cm³/mol. The fraction of sp³-hybridized carbons (Fsp3) is 0.500. The van der Waals surface area contributed by atoms with Crippen LogP contribution in [0.4, 0.5) is 5.82 Å². The Morgan fingerprint density at radius 2 is 2.29 bits per heavy atom. The van der Waals surface area contributed by atoms with E-state index in [1.54, 1.807) is 12.4 Å². The molecule has 1 fully saturated rings. The highest BCUT2D eigenvalue weighted by Gasteiger charge is 2.27. The molecule has 0 aromatic carbocycles. The Morgan fingerprint density at radius 3 is 3.06 bits per heavy atom. The molecule has 2 aromatic heterocycles. The lowest BCUT2D eigenvalue weighted by Crippen LogP contribution is -2.42. The maximum Gasteiger partial charge on any atom is 0.154 e. The Morgan fingerprint density at radius 1 is 1.47 bits per heavy atom. The summed E-state index contributed by atoms with van der Waals surface area (Å²) in [7, 11) is 2.08. The van der Waals surface area contributed by atoms with Crippen LogP contribution in [0.2, 0.25) is 0 Å². The molecule has 1 aliphatic rings. The highest BCUT2D eigenvalue weighted by atomic mass is 15.3. The average Bonchev–Trinajstić information content (AvgIpc) is 2.74. The SMILES string of the molecule is CN(CC1CC(N)C1)c1nccn2nccc12. The number of hydrogen-bond donors (Lipinski definition) is 1. The fourth-order valence-corrected chi connectivity index (χ4v) is 2.55. The minimum atomic E-state index is 0.409. The van der Waals surface area contributed by atoms with Gasteiger partial charge in [0, 0.05) is 32.0 Å². The van der Waals surface area contributed by atoms with Gasteiger partial charge in [0.1, 0.15) is 5.52 Å².